The van der Waals surface area contributed by atoms with Crippen LogP contribution in [-0.2, 0) is 4.79 Å². The molecule has 0 aliphatic heterocycles. The van der Waals surface area contributed by atoms with Gasteiger partial charge in [-0.2, -0.15) is 0 Å². The standard InChI is InChI=1S/C12H14N4O3/c1-6(13)4-10(17)14-7-2-3-8-9(5-7)16-12(19)11(18)15-8/h2-3,5-6H,4,13H2,1H3,(H,14,17)(H,15,18)(H,16,19). The molecule has 1 atom stereocenters. The molecular formula is C12H14N4O3. The van der Waals surface area contributed by atoms with E-state index in [2.05, 4.69) is 15.3 Å². The number of amides is 1. The second-order valence-corrected chi connectivity index (χ2v) is 4.40. The molecule has 0 saturated heterocycles. The molecular weight excluding hydrogens is 248 g/mol. The lowest BCUT2D eigenvalue weighted by Crippen LogP contribution is -2.29. The van der Waals surface area contributed by atoms with Gasteiger partial charge in [0.2, 0.25) is 5.91 Å². The maximum absolute atomic E-state index is 11.6. The quantitative estimate of drug-likeness (QED) is 0.577. The molecule has 100 valence electrons. The Bertz CT molecular complexity index is 730. The van der Waals surface area contributed by atoms with Crippen LogP contribution in [0, 0.1) is 0 Å². The first-order chi connectivity index (χ1) is 8.95. The average molecular weight is 262 g/mol. The molecule has 1 unspecified atom stereocenters. The number of rotatable bonds is 3. The number of aromatic nitrogens is 2. The smallest absolute Gasteiger partial charge is 0.314 e. The molecule has 1 aromatic carbocycles. The van der Waals surface area contributed by atoms with Crippen LogP contribution >= 0.6 is 0 Å². The molecule has 0 bridgehead atoms. The first kappa shape index (κ1) is 13.0. The molecule has 7 heteroatoms. The number of aromatic amines is 2. The van der Waals surface area contributed by atoms with E-state index in [4.69, 9.17) is 5.73 Å². The zero-order valence-corrected chi connectivity index (χ0v) is 10.3. The average Bonchev–Trinajstić information content (AvgIpc) is 2.30. The summed E-state index contributed by atoms with van der Waals surface area (Å²) < 4.78 is 0. The van der Waals surface area contributed by atoms with Gasteiger partial charge in [-0.15, -0.1) is 0 Å². The van der Waals surface area contributed by atoms with E-state index in [1.54, 1.807) is 25.1 Å². The molecule has 0 aliphatic carbocycles. The molecule has 2 rings (SSSR count). The molecule has 0 fully saturated rings. The maximum Gasteiger partial charge on any atom is 0.314 e. The molecule has 7 nitrogen and oxygen atoms in total. The largest absolute Gasteiger partial charge is 0.327 e. The molecule has 2 aromatic rings. The van der Waals surface area contributed by atoms with E-state index >= 15 is 0 Å². The summed E-state index contributed by atoms with van der Waals surface area (Å²) in [5, 5.41) is 2.67. The number of benzene rings is 1. The van der Waals surface area contributed by atoms with Crippen LogP contribution in [0.3, 0.4) is 0 Å². The van der Waals surface area contributed by atoms with Crippen LogP contribution in [-0.4, -0.2) is 21.9 Å². The van der Waals surface area contributed by atoms with Crippen molar-refractivity contribution in [3.63, 3.8) is 0 Å². The van der Waals surface area contributed by atoms with Crippen LogP contribution in [0.25, 0.3) is 11.0 Å². The SMILES string of the molecule is CC(N)CC(=O)Nc1ccc2[nH]c(=O)c(=O)[nH]c2c1. The van der Waals surface area contributed by atoms with Gasteiger partial charge < -0.3 is 21.0 Å². The monoisotopic (exact) mass is 262 g/mol. The molecule has 19 heavy (non-hydrogen) atoms. The highest BCUT2D eigenvalue weighted by Gasteiger charge is 2.06. The van der Waals surface area contributed by atoms with Gasteiger partial charge in [0.1, 0.15) is 0 Å². The van der Waals surface area contributed by atoms with Crippen molar-refractivity contribution in [1.29, 1.82) is 0 Å². The summed E-state index contributed by atoms with van der Waals surface area (Å²) in [4.78, 5) is 38.8. The lowest BCUT2D eigenvalue weighted by molar-refractivity contribution is -0.116. The third-order valence-electron chi connectivity index (χ3n) is 2.51. The summed E-state index contributed by atoms with van der Waals surface area (Å²) in [7, 11) is 0. The Morgan fingerprint density at radius 3 is 2.53 bits per heavy atom. The van der Waals surface area contributed by atoms with E-state index in [1.807, 2.05) is 0 Å². The summed E-state index contributed by atoms with van der Waals surface area (Å²) in [6.07, 6.45) is 0.209. The summed E-state index contributed by atoms with van der Waals surface area (Å²) in [5.74, 6) is -0.207. The van der Waals surface area contributed by atoms with Crippen molar-refractivity contribution >= 4 is 22.6 Å². The van der Waals surface area contributed by atoms with E-state index in [0.717, 1.165) is 0 Å². The van der Waals surface area contributed by atoms with Gasteiger partial charge in [0, 0.05) is 18.2 Å². The van der Waals surface area contributed by atoms with Gasteiger partial charge in [0.15, 0.2) is 0 Å². The van der Waals surface area contributed by atoms with Crippen LogP contribution in [0.5, 0.6) is 0 Å². The van der Waals surface area contributed by atoms with Crippen molar-refractivity contribution in [1.82, 2.24) is 9.97 Å². The molecule has 0 spiro atoms. The Hall–Kier alpha value is -2.41. The minimum absolute atomic E-state index is 0.207. The Kier molecular flexibility index (Phi) is 3.48. The normalized spacial score (nSPS) is 12.3. The predicted octanol–water partition coefficient (Wildman–Crippen LogP) is -0.108. The second kappa shape index (κ2) is 5.07. The van der Waals surface area contributed by atoms with Crippen LogP contribution in [0.1, 0.15) is 13.3 Å². The van der Waals surface area contributed by atoms with E-state index in [9.17, 15) is 14.4 Å². The van der Waals surface area contributed by atoms with Crippen molar-refractivity contribution in [2.24, 2.45) is 5.73 Å². The lowest BCUT2D eigenvalue weighted by Gasteiger charge is -2.07. The van der Waals surface area contributed by atoms with E-state index in [-0.39, 0.29) is 18.4 Å². The Morgan fingerprint density at radius 2 is 1.89 bits per heavy atom. The topological polar surface area (TPSA) is 121 Å². The fourth-order valence-corrected chi connectivity index (χ4v) is 1.70. The van der Waals surface area contributed by atoms with Gasteiger partial charge in [-0.05, 0) is 25.1 Å². The minimum atomic E-state index is -0.730. The molecule has 0 radical (unpaired) electrons. The number of anilines is 1. The summed E-state index contributed by atoms with van der Waals surface area (Å²) >= 11 is 0. The molecule has 1 aromatic heterocycles. The predicted molar refractivity (Wildman–Crippen MR) is 72.1 cm³/mol. The van der Waals surface area contributed by atoms with Crippen molar-refractivity contribution in [3.05, 3.63) is 38.9 Å². The van der Waals surface area contributed by atoms with Gasteiger partial charge in [-0.3, -0.25) is 14.4 Å². The lowest BCUT2D eigenvalue weighted by atomic mass is 10.2. The zero-order chi connectivity index (χ0) is 14.0. The molecule has 5 N–H and O–H groups in total. The van der Waals surface area contributed by atoms with E-state index in [1.165, 1.54) is 0 Å². The number of hydrogen-bond acceptors (Lipinski definition) is 4. The van der Waals surface area contributed by atoms with Crippen LogP contribution in [0.15, 0.2) is 27.8 Å². The molecule has 1 amide bonds. The van der Waals surface area contributed by atoms with Crippen molar-refractivity contribution < 1.29 is 4.79 Å². The van der Waals surface area contributed by atoms with Crippen LogP contribution < -0.4 is 22.2 Å². The highest BCUT2D eigenvalue weighted by Crippen LogP contribution is 2.14. The first-order valence-corrected chi connectivity index (χ1v) is 5.77. The highest BCUT2D eigenvalue weighted by molar-refractivity contribution is 5.93. The van der Waals surface area contributed by atoms with Crippen molar-refractivity contribution in [2.75, 3.05) is 5.32 Å². The van der Waals surface area contributed by atoms with Crippen LogP contribution in [0.4, 0.5) is 5.69 Å². The second-order valence-electron chi connectivity index (χ2n) is 4.40. The summed E-state index contributed by atoms with van der Waals surface area (Å²) in [5.41, 5.74) is 5.56. The van der Waals surface area contributed by atoms with E-state index in [0.29, 0.717) is 16.7 Å². The first-order valence-electron chi connectivity index (χ1n) is 5.77. The summed E-state index contributed by atoms with van der Waals surface area (Å²) in [6, 6.07) is 4.59. The fourth-order valence-electron chi connectivity index (χ4n) is 1.70. The van der Waals surface area contributed by atoms with Gasteiger partial charge in [-0.25, -0.2) is 0 Å². The van der Waals surface area contributed by atoms with Crippen LogP contribution in [0.2, 0.25) is 0 Å². The third kappa shape index (κ3) is 3.08. The van der Waals surface area contributed by atoms with Gasteiger partial charge in [0.05, 0.1) is 11.0 Å². The number of hydrogen-bond donors (Lipinski definition) is 4. The number of nitrogens with one attached hydrogen (secondary N) is 3. The maximum atomic E-state index is 11.6. The Balaban J connectivity index is 2.31. The minimum Gasteiger partial charge on any atom is -0.327 e. The number of carbonyl (C=O) groups is 1. The Morgan fingerprint density at radius 1 is 1.26 bits per heavy atom. The van der Waals surface area contributed by atoms with Crippen molar-refractivity contribution in [3.8, 4) is 0 Å². The van der Waals surface area contributed by atoms with Gasteiger partial charge >= 0.3 is 11.1 Å². The molecule has 0 saturated carbocycles. The zero-order valence-electron chi connectivity index (χ0n) is 10.3. The fraction of sp³-hybridized carbons (Fsp3) is 0.250. The van der Waals surface area contributed by atoms with Crippen molar-refractivity contribution in [2.45, 2.75) is 19.4 Å². The molecule has 0 aliphatic rings. The number of fused-ring (bicyclic) bond motifs is 1. The third-order valence-corrected chi connectivity index (χ3v) is 2.51. The number of carbonyl (C=O) groups excluding carboxylic acids is 1. The van der Waals surface area contributed by atoms with Gasteiger partial charge in [0.25, 0.3) is 0 Å². The Labute approximate surface area is 107 Å². The molecule has 1 heterocycles. The summed E-state index contributed by atoms with van der Waals surface area (Å²) in [6.45, 7) is 1.74. The number of nitrogens with two attached hydrogens (primary N) is 1. The van der Waals surface area contributed by atoms with Gasteiger partial charge in [-0.1, -0.05) is 0 Å². The number of H-pyrrole nitrogens is 2. The highest BCUT2D eigenvalue weighted by atomic mass is 16.2. The van der Waals surface area contributed by atoms with E-state index < -0.39 is 11.1 Å².